The molecule has 6 heteroatoms. The lowest BCUT2D eigenvalue weighted by Gasteiger charge is -2.30. The highest BCUT2D eigenvalue weighted by Crippen LogP contribution is 2.41. The smallest absolute Gasteiger partial charge is 0.259 e. The predicted octanol–water partition coefficient (Wildman–Crippen LogP) is 2.65. The summed E-state index contributed by atoms with van der Waals surface area (Å²) in [5, 5.41) is 4.25. The molecule has 3 aromatic carbocycles. The lowest BCUT2D eigenvalue weighted by Crippen LogP contribution is -2.53. The van der Waals surface area contributed by atoms with E-state index in [-0.39, 0.29) is 18.2 Å². The van der Waals surface area contributed by atoms with Gasteiger partial charge in [0, 0.05) is 23.9 Å². The van der Waals surface area contributed by atoms with Gasteiger partial charge in [-0.1, -0.05) is 42.5 Å². The summed E-state index contributed by atoms with van der Waals surface area (Å²) in [4.78, 5) is 38.7. The van der Waals surface area contributed by atoms with Gasteiger partial charge in [0.2, 0.25) is 11.8 Å². The first-order valence-electron chi connectivity index (χ1n) is 10.1. The third-order valence-corrected chi connectivity index (χ3v) is 5.99. The Labute approximate surface area is 173 Å². The van der Waals surface area contributed by atoms with E-state index in [2.05, 4.69) is 17.4 Å². The number of nitrogens with two attached hydrogens (primary N) is 1. The third-order valence-electron chi connectivity index (χ3n) is 5.99. The number of amides is 3. The predicted molar refractivity (Wildman–Crippen MR) is 114 cm³/mol. The molecule has 3 aromatic rings. The van der Waals surface area contributed by atoms with Crippen LogP contribution in [0.2, 0.25) is 0 Å². The van der Waals surface area contributed by atoms with Crippen LogP contribution in [0.25, 0.3) is 10.8 Å². The Kier molecular flexibility index (Phi) is 4.37. The first kappa shape index (κ1) is 18.5. The van der Waals surface area contributed by atoms with Crippen LogP contribution in [0.15, 0.2) is 54.6 Å². The average Bonchev–Trinajstić information content (AvgIpc) is 3.04. The summed E-state index contributed by atoms with van der Waals surface area (Å²) < 4.78 is 0. The van der Waals surface area contributed by atoms with Gasteiger partial charge < -0.3 is 5.73 Å². The fourth-order valence-corrected chi connectivity index (χ4v) is 4.47. The van der Waals surface area contributed by atoms with Gasteiger partial charge in [-0.15, -0.1) is 0 Å². The van der Waals surface area contributed by atoms with Crippen molar-refractivity contribution in [3.63, 3.8) is 0 Å². The minimum Gasteiger partial charge on any atom is -0.326 e. The maximum Gasteiger partial charge on any atom is 0.259 e. The molecule has 3 N–H and O–H groups in total. The number of carbonyl (C=O) groups is 3. The lowest BCUT2D eigenvalue weighted by molar-refractivity contribution is -0.134. The number of hydrogen-bond acceptors (Lipinski definition) is 4. The molecule has 3 amide bonds. The molecular weight excluding hydrogens is 378 g/mol. The van der Waals surface area contributed by atoms with E-state index in [9.17, 15) is 14.4 Å². The molecule has 1 fully saturated rings. The summed E-state index contributed by atoms with van der Waals surface area (Å²) in [6.45, 7) is 0.513. The van der Waals surface area contributed by atoms with E-state index < -0.39 is 11.9 Å². The Balaban J connectivity index is 1.56. The Morgan fingerprint density at radius 2 is 1.73 bits per heavy atom. The summed E-state index contributed by atoms with van der Waals surface area (Å²) in [6.07, 6.45) is 1.30. The van der Waals surface area contributed by atoms with Gasteiger partial charge in [-0.25, -0.2) is 0 Å². The zero-order valence-electron chi connectivity index (χ0n) is 16.4. The number of imide groups is 1. The van der Waals surface area contributed by atoms with Crippen LogP contribution < -0.4 is 16.0 Å². The molecule has 150 valence electrons. The Morgan fingerprint density at radius 1 is 0.967 bits per heavy atom. The summed E-state index contributed by atoms with van der Waals surface area (Å²) in [5.41, 5.74) is 10.4. The third kappa shape index (κ3) is 2.88. The second-order valence-electron chi connectivity index (χ2n) is 7.81. The van der Waals surface area contributed by atoms with Gasteiger partial charge in [-0.3, -0.25) is 24.6 Å². The molecule has 0 bridgehead atoms. The van der Waals surface area contributed by atoms with Crippen molar-refractivity contribution in [2.45, 2.75) is 31.8 Å². The van der Waals surface area contributed by atoms with Gasteiger partial charge in [0.1, 0.15) is 6.04 Å². The summed E-state index contributed by atoms with van der Waals surface area (Å²) >= 11 is 0. The average molecular weight is 399 g/mol. The molecule has 1 atom stereocenters. The van der Waals surface area contributed by atoms with E-state index in [1.807, 2.05) is 36.4 Å². The molecule has 2 aliphatic heterocycles. The standard InChI is InChI=1S/C24H21N3O3/c25-13-15-6-4-14(5-7-15)12-16-8-9-19-22-17(16)2-1-3-18(22)24(30)27(19)20-10-11-21(28)26-23(20)29/h1-9,20H,10-13,25H2,(H,26,28,29)/t20-/m1/s1. The van der Waals surface area contributed by atoms with Crippen molar-refractivity contribution in [1.82, 2.24) is 5.32 Å². The zero-order valence-corrected chi connectivity index (χ0v) is 16.4. The van der Waals surface area contributed by atoms with Crippen molar-refractivity contribution in [3.8, 4) is 0 Å². The van der Waals surface area contributed by atoms with Crippen LogP contribution in [0.1, 0.15) is 39.9 Å². The highest BCUT2D eigenvalue weighted by atomic mass is 16.2. The molecule has 0 saturated carbocycles. The molecule has 2 heterocycles. The van der Waals surface area contributed by atoms with E-state index in [0.717, 1.165) is 34.0 Å². The molecule has 6 nitrogen and oxygen atoms in total. The van der Waals surface area contributed by atoms with Crippen LogP contribution in [0.5, 0.6) is 0 Å². The first-order chi connectivity index (χ1) is 14.6. The van der Waals surface area contributed by atoms with Gasteiger partial charge in [-0.05, 0) is 47.1 Å². The summed E-state index contributed by atoms with van der Waals surface area (Å²) in [6, 6.07) is 17.2. The van der Waals surface area contributed by atoms with Crippen LogP contribution in [0.3, 0.4) is 0 Å². The number of hydrogen-bond donors (Lipinski definition) is 2. The van der Waals surface area contributed by atoms with Gasteiger partial charge in [-0.2, -0.15) is 0 Å². The monoisotopic (exact) mass is 399 g/mol. The maximum atomic E-state index is 13.2. The summed E-state index contributed by atoms with van der Waals surface area (Å²) in [5.74, 6) is -0.888. The number of nitrogens with one attached hydrogen (secondary N) is 1. The second kappa shape index (κ2) is 7.07. The van der Waals surface area contributed by atoms with Gasteiger partial charge >= 0.3 is 0 Å². The summed E-state index contributed by atoms with van der Waals surface area (Å²) in [7, 11) is 0. The zero-order chi connectivity index (χ0) is 20.8. The fraction of sp³-hybridized carbons (Fsp3) is 0.208. The Morgan fingerprint density at radius 3 is 2.47 bits per heavy atom. The Bertz CT molecular complexity index is 1200. The molecule has 1 saturated heterocycles. The molecule has 0 spiro atoms. The topological polar surface area (TPSA) is 92.5 Å². The van der Waals surface area contributed by atoms with Gasteiger partial charge in [0.25, 0.3) is 5.91 Å². The Hall–Kier alpha value is -3.51. The number of piperidine rings is 1. The van der Waals surface area contributed by atoms with E-state index in [1.165, 1.54) is 5.56 Å². The molecule has 5 rings (SSSR count). The molecule has 0 radical (unpaired) electrons. The molecule has 0 aromatic heterocycles. The molecule has 0 unspecified atom stereocenters. The molecule has 30 heavy (non-hydrogen) atoms. The highest BCUT2D eigenvalue weighted by Gasteiger charge is 2.40. The highest BCUT2D eigenvalue weighted by molar-refractivity contribution is 6.27. The first-order valence-corrected chi connectivity index (χ1v) is 10.1. The maximum absolute atomic E-state index is 13.2. The quantitative estimate of drug-likeness (QED) is 0.660. The van der Waals surface area contributed by atoms with Crippen LogP contribution in [-0.2, 0) is 22.6 Å². The second-order valence-corrected chi connectivity index (χ2v) is 7.81. The molecule has 2 aliphatic rings. The van der Waals surface area contributed by atoms with Crippen LogP contribution in [0.4, 0.5) is 5.69 Å². The minimum atomic E-state index is -0.666. The number of carbonyl (C=O) groups excluding carboxylic acids is 3. The van der Waals surface area contributed by atoms with Crippen molar-refractivity contribution < 1.29 is 14.4 Å². The fourth-order valence-electron chi connectivity index (χ4n) is 4.47. The van der Waals surface area contributed by atoms with Crippen molar-refractivity contribution >= 4 is 34.2 Å². The molecular formula is C24H21N3O3. The number of rotatable bonds is 4. The van der Waals surface area contributed by atoms with Crippen molar-refractivity contribution in [2.75, 3.05) is 4.90 Å². The van der Waals surface area contributed by atoms with E-state index in [0.29, 0.717) is 18.5 Å². The van der Waals surface area contributed by atoms with E-state index in [1.54, 1.807) is 11.0 Å². The van der Waals surface area contributed by atoms with E-state index >= 15 is 0 Å². The molecule has 0 aliphatic carbocycles. The van der Waals surface area contributed by atoms with Crippen molar-refractivity contribution in [1.29, 1.82) is 0 Å². The largest absolute Gasteiger partial charge is 0.326 e. The van der Waals surface area contributed by atoms with Gasteiger partial charge in [0.05, 0.1) is 5.69 Å². The minimum absolute atomic E-state index is 0.186. The van der Waals surface area contributed by atoms with Gasteiger partial charge in [0.15, 0.2) is 0 Å². The number of anilines is 1. The van der Waals surface area contributed by atoms with Crippen molar-refractivity contribution in [3.05, 3.63) is 76.9 Å². The van der Waals surface area contributed by atoms with Crippen molar-refractivity contribution in [2.24, 2.45) is 5.73 Å². The normalized spacial score (nSPS) is 18.2. The number of benzene rings is 3. The SMILES string of the molecule is NCc1ccc(Cc2ccc3c4c(cccc24)C(=O)N3[C@@H]2CCC(=O)NC2=O)cc1. The lowest BCUT2D eigenvalue weighted by atomic mass is 9.95. The van der Waals surface area contributed by atoms with Crippen LogP contribution in [-0.4, -0.2) is 23.8 Å². The van der Waals surface area contributed by atoms with Crippen LogP contribution in [0, 0.1) is 0 Å². The van der Waals surface area contributed by atoms with Crippen LogP contribution >= 0.6 is 0 Å². The number of nitrogens with zero attached hydrogens (tertiary/aromatic N) is 1. The van der Waals surface area contributed by atoms with E-state index in [4.69, 9.17) is 5.73 Å².